The molecule has 5 heteroatoms. The molecule has 0 aliphatic rings. The van der Waals surface area contributed by atoms with Crippen LogP contribution in [0.2, 0.25) is 5.22 Å². The Morgan fingerprint density at radius 1 is 1.50 bits per heavy atom. The van der Waals surface area contributed by atoms with Crippen LogP contribution >= 0.6 is 11.6 Å². The fraction of sp³-hybridized carbons (Fsp3) is 0.429. The van der Waals surface area contributed by atoms with E-state index in [1.807, 2.05) is 0 Å². The zero-order valence-electron chi connectivity index (χ0n) is 6.19. The van der Waals surface area contributed by atoms with E-state index in [0.717, 1.165) is 0 Å². The minimum Gasteiger partial charge on any atom is -0.449 e. The Morgan fingerprint density at radius 2 is 2.17 bits per heavy atom. The number of alkyl halides is 2. The fourth-order valence-corrected chi connectivity index (χ4v) is 0.936. The summed E-state index contributed by atoms with van der Waals surface area (Å²) in [5.74, 6) is -2.77. The summed E-state index contributed by atoms with van der Waals surface area (Å²) in [5, 5.41) is 0.109. The largest absolute Gasteiger partial charge is 0.449 e. The average Bonchev–Trinajstić information content (AvgIpc) is 2.35. The molecule has 12 heavy (non-hydrogen) atoms. The molecule has 0 saturated carbocycles. The second-order valence-electron chi connectivity index (χ2n) is 2.44. The molecule has 0 fully saturated rings. The Balaban J connectivity index is 2.63. The predicted octanol–water partition coefficient (Wildman–Crippen LogP) is 2.07. The van der Waals surface area contributed by atoms with Crippen molar-refractivity contribution in [1.82, 2.24) is 0 Å². The van der Waals surface area contributed by atoms with E-state index in [1.54, 1.807) is 0 Å². The summed E-state index contributed by atoms with van der Waals surface area (Å²) in [7, 11) is 0. The first-order chi connectivity index (χ1) is 5.53. The molecule has 0 spiro atoms. The second kappa shape index (κ2) is 3.41. The minimum absolute atomic E-state index is 0.109. The van der Waals surface area contributed by atoms with Crippen LogP contribution in [0.5, 0.6) is 0 Å². The Kier molecular flexibility index (Phi) is 2.69. The second-order valence-corrected chi connectivity index (χ2v) is 2.82. The lowest BCUT2D eigenvalue weighted by atomic mass is 10.2. The highest BCUT2D eigenvalue weighted by Gasteiger charge is 2.28. The zero-order chi connectivity index (χ0) is 9.19. The van der Waals surface area contributed by atoms with Gasteiger partial charge in [-0.15, -0.1) is 0 Å². The third-order valence-corrected chi connectivity index (χ3v) is 1.56. The van der Waals surface area contributed by atoms with E-state index in [-0.39, 0.29) is 11.0 Å². The third-order valence-electron chi connectivity index (χ3n) is 1.36. The van der Waals surface area contributed by atoms with Gasteiger partial charge in [0.1, 0.15) is 5.76 Å². The molecule has 0 amide bonds. The smallest absolute Gasteiger partial charge is 0.267 e. The SMILES string of the molecule is NCC(F)(F)Cc1ccc(Cl)o1. The number of halogens is 3. The van der Waals surface area contributed by atoms with E-state index in [0.29, 0.717) is 0 Å². The average molecular weight is 196 g/mol. The van der Waals surface area contributed by atoms with Gasteiger partial charge in [0.2, 0.25) is 0 Å². The van der Waals surface area contributed by atoms with Gasteiger partial charge in [-0.05, 0) is 23.7 Å². The summed E-state index contributed by atoms with van der Waals surface area (Å²) in [6.45, 7) is -0.689. The monoisotopic (exact) mass is 195 g/mol. The lowest BCUT2D eigenvalue weighted by Crippen LogP contribution is -2.29. The van der Waals surface area contributed by atoms with E-state index in [2.05, 4.69) is 0 Å². The molecule has 0 atom stereocenters. The summed E-state index contributed by atoms with van der Waals surface area (Å²) >= 11 is 5.39. The number of furan rings is 1. The molecule has 68 valence electrons. The van der Waals surface area contributed by atoms with Crippen molar-refractivity contribution < 1.29 is 13.2 Å². The van der Waals surface area contributed by atoms with Crippen LogP contribution in [0.4, 0.5) is 8.78 Å². The van der Waals surface area contributed by atoms with Crippen LogP contribution in [0.25, 0.3) is 0 Å². The van der Waals surface area contributed by atoms with Crippen LogP contribution in [0.15, 0.2) is 16.5 Å². The highest BCUT2D eigenvalue weighted by Crippen LogP contribution is 2.21. The number of rotatable bonds is 3. The molecule has 1 rings (SSSR count). The molecule has 0 radical (unpaired) electrons. The molecule has 1 aromatic heterocycles. The van der Waals surface area contributed by atoms with Crippen LogP contribution in [0, 0.1) is 0 Å². The zero-order valence-corrected chi connectivity index (χ0v) is 6.94. The third kappa shape index (κ3) is 2.46. The van der Waals surface area contributed by atoms with E-state index in [4.69, 9.17) is 21.8 Å². The van der Waals surface area contributed by atoms with Crippen LogP contribution in [-0.2, 0) is 6.42 Å². The maximum absolute atomic E-state index is 12.6. The van der Waals surface area contributed by atoms with Gasteiger partial charge in [0.25, 0.3) is 5.92 Å². The Labute approximate surface area is 73.3 Å². The lowest BCUT2D eigenvalue weighted by molar-refractivity contribution is 0.00675. The van der Waals surface area contributed by atoms with Crippen molar-refractivity contribution in [3.63, 3.8) is 0 Å². The molecule has 0 aliphatic heterocycles. The van der Waals surface area contributed by atoms with E-state index < -0.39 is 18.9 Å². The maximum Gasteiger partial charge on any atom is 0.267 e. The van der Waals surface area contributed by atoms with Gasteiger partial charge in [0, 0.05) is 0 Å². The summed E-state index contributed by atoms with van der Waals surface area (Å²) in [6.07, 6.45) is -0.504. The predicted molar refractivity (Wildman–Crippen MR) is 41.4 cm³/mol. The Hall–Kier alpha value is -0.610. The van der Waals surface area contributed by atoms with Crippen molar-refractivity contribution in [2.75, 3.05) is 6.54 Å². The molecular weight excluding hydrogens is 188 g/mol. The molecule has 0 aliphatic carbocycles. The van der Waals surface area contributed by atoms with Crippen molar-refractivity contribution in [2.45, 2.75) is 12.3 Å². The van der Waals surface area contributed by atoms with Crippen molar-refractivity contribution in [1.29, 1.82) is 0 Å². The van der Waals surface area contributed by atoms with Gasteiger partial charge in [0.15, 0.2) is 5.22 Å². The van der Waals surface area contributed by atoms with Gasteiger partial charge in [-0.1, -0.05) is 0 Å². The van der Waals surface area contributed by atoms with E-state index >= 15 is 0 Å². The summed E-state index contributed by atoms with van der Waals surface area (Å²) < 4.78 is 30.0. The van der Waals surface area contributed by atoms with Gasteiger partial charge in [-0.25, -0.2) is 8.78 Å². The summed E-state index contributed by atoms with van der Waals surface area (Å²) in [6, 6.07) is 2.83. The van der Waals surface area contributed by atoms with Crippen LogP contribution < -0.4 is 5.73 Å². The fourth-order valence-electron chi connectivity index (χ4n) is 0.774. The van der Waals surface area contributed by atoms with Crippen molar-refractivity contribution in [2.24, 2.45) is 5.73 Å². The highest BCUT2D eigenvalue weighted by molar-refractivity contribution is 6.28. The first kappa shape index (κ1) is 9.48. The highest BCUT2D eigenvalue weighted by atomic mass is 35.5. The molecular formula is C7H8ClF2NO. The molecule has 0 unspecified atom stereocenters. The Morgan fingerprint density at radius 3 is 2.58 bits per heavy atom. The normalized spacial score (nSPS) is 12.0. The lowest BCUT2D eigenvalue weighted by Gasteiger charge is -2.10. The molecule has 0 aromatic carbocycles. The van der Waals surface area contributed by atoms with Crippen LogP contribution in [0.3, 0.4) is 0 Å². The Bertz CT molecular complexity index is 262. The maximum atomic E-state index is 12.6. The van der Waals surface area contributed by atoms with Gasteiger partial charge in [0.05, 0.1) is 13.0 Å². The quantitative estimate of drug-likeness (QED) is 0.802. The van der Waals surface area contributed by atoms with E-state index in [9.17, 15) is 8.78 Å². The molecule has 2 N–H and O–H groups in total. The van der Waals surface area contributed by atoms with Crippen LogP contribution in [0.1, 0.15) is 5.76 Å². The molecule has 0 bridgehead atoms. The van der Waals surface area contributed by atoms with E-state index in [1.165, 1.54) is 12.1 Å². The molecule has 1 aromatic rings. The number of hydrogen-bond donors (Lipinski definition) is 1. The van der Waals surface area contributed by atoms with Gasteiger partial charge < -0.3 is 10.2 Å². The van der Waals surface area contributed by atoms with Gasteiger partial charge in [-0.2, -0.15) is 0 Å². The van der Waals surface area contributed by atoms with Crippen molar-refractivity contribution in [3.8, 4) is 0 Å². The molecule has 1 heterocycles. The number of hydrogen-bond acceptors (Lipinski definition) is 2. The standard InChI is InChI=1S/C7H8ClF2NO/c8-6-2-1-5(12-6)3-7(9,10)4-11/h1-2H,3-4,11H2. The molecule has 2 nitrogen and oxygen atoms in total. The summed E-state index contributed by atoms with van der Waals surface area (Å²) in [5.41, 5.74) is 4.84. The topological polar surface area (TPSA) is 39.2 Å². The first-order valence-corrected chi connectivity index (χ1v) is 3.73. The van der Waals surface area contributed by atoms with Crippen molar-refractivity contribution >= 4 is 11.6 Å². The first-order valence-electron chi connectivity index (χ1n) is 3.35. The van der Waals surface area contributed by atoms with Crippen LogP contribution in [-0.4, -0.2) is 12.5 Å². The molecule has 0 saturated heterocycles. The minimum atomic E-state index is -2.92. The van der Waals surface area contributed by atoms with Crippen molar-refractivity contribution in [3.05, 3.63) is 23.1 Å². The van der Waals surface area contributed by atoms with Gasteiger partial charge >= 0.3 is 0 Å². The summed E-state index contributed by atoms with van der Waals surface area (Å²) in [4.78, 5) is 0. The van der Waals surface area contributed by atoms with Gasteiger partial charge in [-0.3, -0.25) is 0 Å². The number of nitrogens with two attached hydrogens (primary N) is 1.